The molecule has 0 saturated heterocycles. The summed E-state index contributed by atoms with van der Waals surface area (Å²) in [6.07, 6.45) is 3.11. The molecule has 0 aliphatic heterocycles. The van der Waals surface area contributed by atoms with E-state index in [4.69, 9.17) is 16.3 Å². The number of hydrogen-bond donors (Lipinski definition) is 1. The van der Waals surface area contributed by atoms with Crippen molar-refractivity contribution in [1.29, 1.82) is 0 Å². The number of fused-ring (bicyclic) bond motifs is 1. The Balaban J connectivity index is 1.88. The fourth-order valence-corrected chi connectivity index (χ4v) is 2.02. The molecule has 0 bridgehead atoms. The van der Waals surface area contributed by atoms with Crippen LogP contribution in [0, 0.1) is 0 Å². The van der Waals surface area contributed by atoms with Gasteiger partial charge >= 0.3 is 0 Å². The van der Waals surface area contributed by atoms with E-state index in [0.29, 0.717) is 29.2 Å². The molecule has 0 fully saturated rings. The van der Waals surface area contributed by atoms with Gasteiger partial charge in [-0.1, -0.05) is 17.7 Å². The summed E-state index contributed by atoms with van der Waals surface area (Å²) in [5, 5.41) is 7.66. The van der Waals surface area contributed by atoms with Gasteiger partial charge in [-0.25, -0.2) is 4.98 Å². The molecule has 0 spiro atoms. The highest BCUT2D eigenvalue weighted by molar-refractivity contribution is 6.29. The molecule has 3 aromatic rings. The quantitative estimate of drug-likeness (QED) is 0.738. The third kappa shape index (κ3) is 2.35. The molecule has 0 amide bonds. The van der Waals surface area contributed by atoms with Crippen LogP contribution in [0.3, 0.4) is 0 Å². The Morgan fingerprint density at radius 1 is 1.40 bits per heavy atom. The fourth-order valence-electron chi connectivity index (χ4n) is 1.84. The molecular weight excluding hydrogens is 280 g/mol. The van der Waals surface area contributed by atoms with Crippen molar-refractivity contribution in [2.24, 2.45) is 0 Å². The van der Waals surface area contributed by atoms with Crippen LogP contribution in [0.4, 0.5) is 5.82 Å². The van der Waals surface area contributed by atoms with E-state index >= 15 is 0 Å². The topological polar surface area (TPSA) is 77.2 Å². The zero-order valence-electron chi connectivity index (χ0n) is 10.6. The van der Waals surface area contributed by atoms with E-state index in [9.17, 15) is 0 Å². The fraction of sp³-hybridized carbons (Fsp3) is 0.167. The van der Waals surface area contributed by atoms with Gasteiger partial charge < -0.3 is 10.1 Å². The standard InChI is InChI=1S/C12H11ClN6O/c1-20-11-8(3-2-4-14-11)6-15-10-5-9(13)18-12-16-7-17-19(10)12/h2-5,7,15H,6H2,1H3. The van der Waals surface area contributed by atoms with Crippen molar-refractivity contribution in [1.82, 2.24) is 24.6 Å². The molecule has 102 valence electrons. The summed E-state index contributed by atoms with van der Waals surface area (Å²) >= 11 is 5.95. The van der Waals surface area contributed by atoms with E-state index in [0.717, 1.165) is 5.56 Å². The minimum atomic E-state index is 0.353. The van der Waals surface area contributed by atoms with Crippen LogP contribution in [-0.2, 0) is 6.54 Å². The van der Waals surface area contributed by atoms with Gasteiger partial charge in [-0.15, -0.1) is 0 Å². The Labute approximate surface area is 119 Å². The van der Waals surface area contributed by atoms with E-state index in [2.05, 4.69) is 25.4 Å². The molecule has 0 aromatic carbocycles. The monoisotopic (exact) mass is 290 g/mol. The average molecular weight is 291 g/mol. The van der Waals surface area contributed by atoms with Crippen molar-refractivity contribution in [3.8, 4) is 5.88 Å². The molecule has 3 aromatic heterocycles. The smallest absolute Gasteiger partial charge is 0.255 e. The van der Waals surface area contributed by atoms with Crippen LogP contribution >= 0.6 is 11.6 Å². The second-order valence-corrected chi connectivity index (χ2v) is 4.35. The minimum Gasteiger partial charge on any atom is -0.481 e. The Hall–Kier alpha value is -2.41. The number of ether oxygens (including phenoxy) is 1. The maximum atomic E-state index is 5.95. The SMILES string of the molecule is COc1ncccc1CNc1cc(Cl)nc2ncnn12. The lowest BCUT2D eigenvalue weighted by Gasteiger charge is -2.10. The number of anilines is 1. The molecular formula is C12H11ClN6O. The normalized spacial score (nSPS) is 10.7. The summed E-state index contributed by atoms with van der Waals surface area (Å²) < 4.78 is 6.78. The van der Waals surface area contributed by atoms with Gasteiger partial charge in [-0.3, -0.25) is 0 Å². The maximum Gasteiger partial charge on any atom is 0.255 e. The van der Waals surface area contributed by atoms with Crippen LogP contribution in [0.5, 0.6) is 5.88 Å². The molecule has 0 saturated carbocycles. The zero-order valence-corrected chi connectivity index (χ0v) is 11.4. The largest absolute Gasteiger partial charge is 0.481 e. The molecule has 0 aliphatic carbocycles. The van der Waals surface area contributed by atoms with Gasteiger partial charge in [0.15, 0.2) is 0 Å². The molecule has 0 unspecified atom stereocenters. The second-order valence-electron chi connectivity index (χ2n) is 3.96. The molecule has 0 radical (unpaired) electrons. The summed E-state index contributed by atoms with van der Waals surface area (Å²) in [6.45, 7) is 0.520. The van der Waals surface area contributed by atoms with Crippen molar-refractivity contribution < 1.29 is 4.74 Å². The van der Waals surface area contributed by atoms with Crippen molar-refractivity contribution in [3.63, 3.8) is 0 Å². The summed E-state index contributed by atoms with van der Waals surface area (Å²) in [5.41, 5.74) is 0.927. The molecule has 0 atom stereocenters. The van der Waals surface area contributed by atoms with Crippen LogP contribution < -0.4 is 10.1 Å². The molecule has 3 heterocycles. The molecule has 0 aliphatic rings. The number of nitrogens with zero attached hydrogens (tertiary/aromatic N) is 5. The van der Waals surface area contributed by atoms with Crippen molar-refractivity contribution in [2.45, 2.75) is 6.54 Å². The van der Waals surface area contributed by atoms with Crippen molar-refractivity contribution in [3.05, 3.63) is 41.4 Å². The lowest BCUT2D eigenvalue weighted by atomic mass is 10.2. The number of hydrogen-bond acceptors (Lipinski definition) is 6. The molecule has 20 heavy (non-hydrogen) atoms. The summed E-state index contributed by atoms with van der Waals surface area (Å²) in [5.74, 6) is 1.72. The Bertz CT molecular complexity index is 744. The van der Waals surface area contributed by atoms with Gasteiger partial charge in [0.2, 0.25) is 5.88 Å². The Morgan fingerprint density at radius 3 is 3.15 bits per heavy atom. The number of methoxy groups -OCH3 is 1. The minimum absolute atomic E-state index is 0.353. The van der Waals surface area contributed by atoms with Gasteiger partial charge in [-0.2, -0.15) is 19.6 Å². The van der Waals surface area contributed by atoms with Gasteiger partial charge in [0.25, 0.3) is 5.78 Å². The van der Waals surface area contributed by atoms with E-state index in [1.807, 2.05) is 12.1 Å². The Kier molecular flexibility index (Phi) is 3.34. The predicted octanol–water partition coefficient (Wildman–Crippen LogP) is 1.79. The first-order valence-electron chi connectivity index (χ1n) is 5.86. The molecule has 7 nitrogen and oxygen atoms in total. The van der Waals surface area contributed by atoms with Crippen LogP contribution in [0.1, 0.15) is 5.56 Å². The highest BCUT2D eigenvalue weighted by atomic mass is 35.5. The van der Waals surface area contributed by atoms with Gasteiger partial charge in [0.05, 0.1) is 7.11 Å². The molecule has 1 N–H and O–H groups in total. The number of pyridine rings is 1. The lowest BCUT2D eigenvalue weighted by molar-refractivity contribution is 0.393. The summed E-state index contributed by atoms with van der Waals surface area (Å²) in [6, 6.07) is 5.47. The number of halogens is 1. The van der Waals surface area contributed by atoms with Crippen LogP contribution in [0.15, 0.2) is 30.7 Å². The number of nitrogens with one attached hydrogen (secondary N) is 1. The van der Waals surface area contributed by atoms with Crippen LogP contribution in [0.25, 0.3) is 5.78 Å². The first-order chi connectivity index (χ1) is 9.78. The van der Waals surface area contributed by atoms with Crippen LogP contribution in [-0.4, -0.2) is 31.7 Å². The predicted molar refractivity (Wildman–Crippen MR) is 73.9 cm³/mol. The van der Waals surface area contributed by atoms with E-state index in [-0.39, 0.29) is 0 Å². The highest BCUT2D eigenvalue weighted by Gasteiger charge is 2.08. The number of rotatable bonds is 4. The van der Waals surface area contributed by atoms with E-state index in [1.165, 1.54) is 6.33 Å². The van der Waals surface area contributed by atoms with Crippen molar-refractivity contribution in [2.75, 3.05) is 12.4 Å². The van der Waals surface area contributed by atoms with Gasteiger partial charge in [-0.05, 0) is 6.07 Å². The first-order valence-corrected chi connectivity index (χ1v) is 6.24. The first kappa shape index (κ1) is 12.6. The summed E-state index contributed by atoms with van der Waals surface area (Å²) in [7, 11) is 1.59. The third-order valence-corrected chi connectivity index (χ3v) is 2.92. The lowest BCUT2D eigenvalue weighted by Crippen LogP contribution is -2.07. The number of aromatic nitrogens is 5. The summed E-state index contributed by atoms with van der Waals surface area (Å²) in [4.78, 5) is 12.2. The molecule has 3 rings (SSSR count). The van der Waals surface area contributed by atoms with Gasteiger partial charge in [0.1, 0.15) is 17.3 Å². The maximum absolute atomic E-state index is 5.95. The average Bonchev–Trinajstić information content (AvgIpc) is 2.93. The Morgan fingerprint density at radius 2 is 2.30 bits per heavy atom. The van der Waals surface area contributed by atoms with Crippen LogP contribution in [0.2, 0.25) is 5.15 Å². The molecule has 8 heteroatoms. The zero-order chi connectivity index (χ0) is 13.9. The highest BCUT2D eigenvalue weighted by Crippen LogP contribution is 2.18. The third-order valence-electron chi connectivity index (χ3n) is 2.72. The van der Waals surface area contributed by atoms with E-state index in [1.54, 1.807) is 23.9 Å². The van der Waals surface area contributed by atoms with Gasteiger partial charge in [0, 0.05) is 24.4 Å². The van der Waals surface area contributed by atoms with Crippen molar-refractivity contribution >= 4 is 23.2 Å². The second kappa shape index (κ2) is 5.30. The van der Waals surface area contributed by atoms with E-state index < -0.39 is 0 Å².